The molecule has 0 spiro atoms. The van der Waals surface area contributed by atoms with Crippen LogP contribution in [0.25, 0.3) is 0 Å². The highest BCUT2D eigenvalue weighted by atomic mass is 16.3. The van der Waals surface area contributed by atoms with Crippen molar-refractivity contribution in [2.75, 3.05) is 6.54 Å². The Bertz CT molecular complexity index is 366. The van der Waals surface area contributed by atoms with E-state index in [-0.39, 0.29) is 0 Å². The number of hydrogen-bond donors (Lipinski definition) is 1. The van der Waals surface area contributed by atoms with E-state index >= 15 is 0 Å². The van der Waals surface area contributed by atoms with Crippen LogP contribution in [0.5, 0.6) is 5.75 Å². The Morgan fingerprint density at radius 3 is 2.67 bits per heavy atom. The maximum Gasteiger partial charge on any atom is 0.138 e. The van der Waals surface area contributed by atoms with Gasteiger partial charge in [-0.3, -0.25) is 9.88 Å². The zero-order valence-electron chi connectivity index (χ0n) is 12.1. The maximum absolute atomic E-state index is 9.87. The first-order valence-electron chi connectivity index (χ1n) is 6.98. The molecule has 0 radical (unpaired) electrons. The van der Waals surface area contributed by atoms with E-state index in [9.17, 15) is 5.11 Å². The third kappa shape index (κ3) is 4.30. The van der Waals surface area contributed by atoms with Gasteiger partial charge >= 0.3 is 0 Å². The average molecular weight is 250 g/mol. The lowest BCUT2D eigenvalue weighted by Crippen LogP contribution is -2.33. The predicted octanol–water partition coefficient (Wildman–Crippen LogP) is 3.50. The number of hydrogen-bond acceptors (Lipinski definition) is 3. The van der Waals surface area contributed by atoms with Crippen LogP contribution in [0.2, 0.25) is 0 Å². The zero-order chi connectivity index (χ0) is 13.5. The molecule has 0 aliphatic heterocycles. The van der Waals surface area contributed by atoms with Crippen molar-refractivity contribution < 1.29 is 5.11 Å². The monoisotopic (exact) mass is 250 g/mol. The molecule has 1 rings (SSSR count). The molecule has 18 heavy (non-hydrogen) atoms. The number of unbranched alkanes of at least 4 members (excludes halogenated alkanes) is 1. The van der Waals surface area contributed by atoms with Gasteiger partial charge in [0.15, 0.2) is 0 Å². The molecule has 0 fully saturated rings. The summed E-state index contributed by atoms with van der Waals surface area (Å²) in [6.45, 7) is 10.4. The third-order valence-electron chi connectivity index (χ3n) is 3.46. The summed E-state index contributed by atoms with van der Waals surface area (Å²) in [4.78, 5) is 6.85. The normalized spacial score (nSPS) is 12.9. The van der Waals surface area contributed by atoms with Gasteiger partial charge in [0.2, 0.25) is 0 Å². The van der Waals surface area contributed by atoms with Crippen molar-refractivity contribution in [1.29, 1.82) is 0 Å². The number of aromatic nitrogens is 1. The molecule has 1 heterocycles. The van der Waals surface area contributed by atoms with Crippen molar-refractivity contribution in [2.45, 2.75) is 59.5 Å². The van der Waals surface area contributed by atoms with Gasteiger partial charge < -0.3 is 5.11 Å². The lowest BCUT2D eigenvalue weighted by Gasteiger charge is -2.28. The van der Waals surface area contributed by atoms with Gasteiger partial charge in [0.1, 0.15) is 5.75 Å². The van der Waals surface area contributed by atoms with E-state index in [1.165, 1.54) is 12.8 Å². The molecular formula is C15H26N2O. The summed E-state index contributed by atoms with van der Waals surface area (Å²) in [7, 11) is 0. The molecule has 1 unspecified atom stereocenters. The minimum absolute atomic E-state index is 0.311. The van der Waals surface area contributed by atoms with Gasteiger partial charge in [0, 0.05) is 18.3 Å². The Hall–Kier alpha value is -1.09. The van der Waals surface area contributed by atoms with E-state index in [1.807, 2.05) is 13.0 Å². The molecule has 0 aliphatic rings. The van der Waals surface area contributed by atoms with Crippen LogP contribution in [0.1, 0.15) is 51.4 Å². The van der Waals surface area contributed by atoms with Crippen LogP contribution in [-0.4, -0.2) is 27.6 Å². The highest BCUT2D eigenvalue weighted by molar-refractivity contribution is 5.27. The van der Waals surface area contributed by atoms with E-state index in [4.69, 9.17) is 0 Å². The largest absolute Gasteiger partial charge is 0.506 e. The smallest absolute Gasteiger partial charge is 0.138 e. The van der Waals surface area contributed by atoms with Gasteiger partial charge in [-0.2, -0.15) is 0 Å². The summed E-state index contributed by atoms with van der Waals surface area (Å²) in [6.07, 6.45) is 3.51. The molecule has 1 aromatic heterocycles. The highest BCUT2D eigenvalue weighted by Crippen LogP contribution is 2.19. The molecule has 1 aromatic rings. The number of rotatable bonds is 7. The molecular weight excluding hydrogens is 224 g/mol. The van der Waals surface area contributed by atoms with E-state index in [1.54, 1.807) is 6.07 Å². The number of aromatic hydroxyl groups is 1. The van der Waals surface area contributed by atoms with E-state index in [2.05, 4.69) is 30.7 Å². The summed E-state index contributed by atoms with van der Waals surface area (Å²) in [5.74, 6) is 0.311. The van der Waals surface area contributed by atoms with Crippen LogP contribution in [0.4, 0.5) is 0 Å². The van der Waals surface area contributed by atoms with Crippen LogP contribution in [0.15, 0.2) is 12.1 Å². The molecule has 0 aliphatic carbocycles. The summed E-state index contributed by atoms with van der Waals surface area (Å²) in [5.41, 5.74) is 1.76. The lowest BCUT2D eigenvalue weighted by molar-refractivity contribution is 0.187. The maximum atomic E-state index is 9.87. The number of aryl methyl sites for hydroxylation is 1. The van der Waals surface area contributed by atoms with Crippen molar-refractivity contribution in [1.82, 2.24) is 9.88 Å². The van der Waals surface area contributed by atoms with E-state index in [0.717, 1.165) is 30.9 Å². The molecule has 0 amide bonds. The third-order valence-corrected chi connectivity index (χ3v) is 3.46. The second-order valence-corrected chi connectivity index (χ2v) is 5.00. The van der Waals surface area contributed by atoms with Gasteiger partial charge in [-0.05, 0) is 45.4 Å². The summed E-state index contributed by atoms with van der Waals surface area (Å²) in [6, 6.07) is 4.11. The van der Waals surface area contributed by atoms with Crippen LogP contribution >= 0.6 is 0 Å². The molecule has 0 saturated heterocycles. The summed E-state index contributed by atoms with van der Waals surface area (Å²) >= 11 is 0. The first-order chi connectivity index (χ1) is 8.58. The highest BCUT2D eigenvalue weighted by Gasteiger charge is 2.15. The Balaban J connectivity index is 2.77. The number of pyridine rings is 1. The van der Waals surface area contributed by atoms with E-state index < -0.39 is 0 Å². The molecule has 1 N–H and O–H groups in total. The van der Waals surface area contributed by atoms with Gasteiger partial charge in [0.25, 0.3) is 0 Å². The van der Waals surface area contributed by atoms with Crippen molar-refractivity contribution in [3.05, 3.63) is 23.5 Å². The van der Waals surface area contributed by atoms with Crippen LogP contribution < -0.4 is 0 Å². The fourth-order valence-corrected chi connectivity index (χ4v) is 1.99. The molecule has 0 saturated carbocycles. The standard InChI is InChI=1S/C15H26N2O/c1-5-7-10-17(13(4)6-2)11-14-15(18)9-8-12(3)16-14/h8-9,13,18H,5-7,10-11H2,1-4H3. The topological polar surface area (TPSA) is 36.4 Å². The predicted molar refractivity (Wildman–Crippen MR) is 75.7 cm³/mol. The van der Waals surface area contributed by atoms with Crippen LogP contribution in [-0.2, 0) is 6.54 Å². The fourth-order valence-electron chi connectivity index (χ4n) is 1.99. The van der Waals surface area contributed by atoms with Crippen molar-refractivity contribution in [2.24, 2.45) is 0 Å². The number of nitrogens with zero attached hydrogens (tertiary/aromatic N) is 2. The average Bonchev–Trinajstić information content (AvgIpc) is 2.37. The zero-order valence-corrected chi connectivity index (χ0v) is 12.1. The molecule has 102 valence electrons. The lowest BCUT2D eigenvalue weighted by atomic mass is 10.1. The Morgan fingerprint density at radius 2 is 2.06 bits per heavy atom. The van der Waals surface area contributed by atoms with Crippen LogP contribution in [0, 0.1) is 6.92 Å². The van der Waals surface area contributed by atoms with Crippen molar-refractivity contribution in [3.8, 4) is 5.75 Å². The van der Waals surface area contributed by atoms with Gasteiger partial charge in [-0.15, -0.1) is 0 Å². The Kier molecular flexibility index (Phi) is 6.13. The molecule has 3 heteroatoms. The molecule has 0 bridgehead atoms. The summed E-state index contributed by atoms with van der Waals surface area (Å²) < 4.78 is 0. The Morgan fingerprint density at radius 1 is 1.33 bits per heavy atom. The van der Waals surface area contributed by atoms with Gasteiger partial charge in [-0.25, -0.2) is 0 Å². The van der Waals surface area contributed by atoms with Crippen LogP contribution in [0.3, 0.4) is 0 Å². The SMILES string of the molecule is CCCCN(Cc1nc(C)ccc1O)C(C)CC. The first-order valence-corrected chi connectivity index (χ1v) is 6.98. The van der Waals surface area contributed by atoms with E-state index in [0.29, 0.717) is 11.8 Å². The minimum Gasteiger partial charge on any atom is -0.506 e. The molecule has 1 atom stereocenters. The minimum atomic E-state index is 0.311. The first kappa shape index (κ1) is 15.0. The van der Waals surface area contributed by atoms with Crippen molar-refractivity contribution >= 4 is 0 Å². The summed E-state index contributed by atoms with van der Waals surface area (Å²) in [5, 5.41) is 9.87. The second-order valence-electron chi connectivity index (χ2n) is 5.00. The fraction of sp³-hybridized carbons (Fsp3) is 0.667. The van der Waals surface area contributed by atoms with Gasteiger partial charge in [-0.1, -0.05) is 20.3 Å². The quantitative estimate of drug-likeness (QED) is 0.804. The Labute approximate surface area is 111 Å². The molecule has 3 nitrogen and oxygen atoms in total. The van der Waals surface area contributed by atoms with Crippen molar-refractivity contribution in [3.63, 3.8) is 0 Å². The second kappa shape index (κ2) is 7.37. The molecule has 0 aromatic carbocycles. The van der Waals surface area contributed by atoms with Gasteiger partial charge in [0.05, 0.1) is 5.69 Å².